The van der Waals surface area contributed by atoms with Gasteiger partial charge < -0.3 is 9.15 Å². The summed E-state index contributed by atoms with van der Waals surface area (Å²) in [6.45, 7) is 2.48. The predicted molar refractivity (Wildman–Crippen MR) is 117 cm³/mol. The molecule has 2 aromatic carbocycles. The number of benzene rings is 2. The van der Waals surface area contributed by atoms with E-state index in [0.29, 0.717) is 29.3 Å². The van der Waals surface area contributed by atoms with Gasteiger partial charge in [-0.25, -0.2) is 4.79 Å². The van der Waals surface area contributed by atoms with Crippen molar-refractivity contribution in [3.63, 3.8) is 0 Å². The Bertz CT molecular complexity index is 998. The SMILES string of the molecule is CCCCOC(=O)c1ccc(-c2ccc(C=CC(=O)c3ccc(Br)cc3)o2)cc1. The molecule has 0 spiro atoms. The molecule has 0 aliphatic rings. The van der Waals surface area contributed by atoms with E-state index in [4.69, 9.17) is 9.15 Å². The van der Waals surface area contributed by atoms with Crippen LogP contribution in [0.2, 0.25) is 0 Å². The van der Waals surface area contributed by atoms with Gasteiger partial charge in [-0.3, -0.25) is 4.79 Å². The van der Waals surface area contributed by atoms with Gasteiger partial charge in [-0.05, 0) is 67.1 Å². The van der Waals surface area contributed by atoms with Crippen LogP contribution in [0.1, 0.15) is 46.2 Å². The van der Waals surface area contributed by atoms with Crippen LogP contribution in [0, 0.1) is 0 Å². The zero-order chi connectivity index (χ0) is 20.6. The molecule has 3 aromatic rings. The summed E-state index contributed by atoms with van der Waals surface area (Å²) >= 11 is 3.35. The molecule has 5 heteroatoms. The Hall–Kier alpha value is -2.92. The molecule has 0 saturated heterocycles. The molecule has 0 aliphatic heterocycles. The number of unbranched alkanes of at least 4 members (excludes halogenated alkanes) is 1. The highest BCUT2D eigenvalue weighted by atomic mass is 79.9. The second-order valence-corrected chi connectivity index (χ2v) is 7.39. The predicted octanol–water partition coefficient (Wildman–Crippen LogP) is 6.56. The number of ketones is 1. The lowest BCUT2D eigenvalue weighted by Gasteiger charge is -2.04. The van der Waals surface area contributed by atoms with Crippen molar-refractivity contribution < 1.29 is 18.7 Å². The highest BCUT2D eigenvalue weighted by Crippen LogP contribution is 2.23. The summed E-state index contributed by atoms with van der Waals surface area (Å²) in [5, 5.41) is 0. The van der Waals surface area contributed by atoms with Crippen LogP contribution in [0.15, 0.2) is 75.6 Å². The molecule has 1 heterocycles. The third kappa shape index (κ3) is 5.78. The van der Waals surface area contributed by atoms with Crippen molar-refractivity contribution >= 4 is 33.8 Å². The lowest BCUT2D eigenvalue weighted by atomic mass is 10.1. The molecular weight excluding hydrogens is 432 g/mol. The Balaban J connectivity index is 1.64. The third-order valence-electron chi connectivity index (χ3n) is 4.29. The number of carbonyl (C=O) groups excluding carboxylic acids is 2. The summed E-state index contributed by atoms with van der Waals surface area (Å²) in [4.78, 5) is 24.2. The topological polar surface area (TPSA) is 56.5 Å². The first-order valence-electron chi connectivity index (χ1n) is 9.42. The molecule has 148 valence electrons. The van der Waals surface area contributed by atoms with Crippen LogP contribution in [0.25, 0.3) is 17.4 Å². The Morgan fingerprint density at radius 2 is 1.66 bits per heavy atom. The molecule has 3 rings (SSSR count). The van der Waals surface area contributed by atoms with E-state index in [1.54, 1.807) is 36.4 Å². The molecular formula is C24H21BrO4. The van der Waals surface area contributed by atoms with E-state index in [0.717, 1.165) is 22.9 Å². The second-order valence-electron chi connectivity index (χ2n) is 6.47. The number of rotatable bonds is 8. The third-order valence-corrected chi connectivity index (χ3v) is 4.82. The summed E-state index contributed by atoms with van der Waals surface area (Å²) in [6, 6.07) is 17.9. The quantitative estimate of drug-likeness (QED) is 0.168. The normalized spacial score (nSPS) is 11.0. The highest BCUT2D eigenvalue weighted by molar-refractivity contribution is 9.10. The van der Waals surface area contributed by atoms with Crippen LogP contribution in [-0.4, -0.2) is 18.4 Å². The average molecular weight is 453 g/mol. The number of ether oxygens (including phenoxy) is 1. The van der Waals surface area contributed by atoms with Crippen LogP contribution >= 0.6 is 15.9 Å². The first kappa shape index (κ1) is 20.8. The van der Waals surface area contributed by atoms with Crippen molar-refractivity contribution in [2.24, 2.45) is 0 Å². The van der Waals surface area contributed by atoms with Crippen molar-refractivity contribution in [2.45, 2.75) is 19.8 Å². The number of furan rings is 1. The Morgan fingerprint density at radius 3 is 2.34 bits per heavy atom. The van der Waals surface area contributed by atoms with Gasteiger partial charge >= 0.3 is 5.97 Å². The standard InChI is InChI=1S/C24H21BrO4/c1-2-3-16-28-24(27)19-6-4-18(5-7-19)23-15-13-21(29-23)12-14-22(26)17-8-10-20(25)11-9-17/h4-15H,2-3,16H2,1H3. The molecule has 0 N–H and O–H groups in total. The fourth-order valence-corrected chi connectivity index (χ4v) is 2.89. The minimum Gasteiger partial charge on any atom is -0.462 e. The number of hydrogen-bond donors (Lipinski definition) is 0. The van der Waals surface area contributed by atoms with Gasteiger partial charge in [0.15, 0.2) is 5.78 Å². The fraction of sp³-hybridized carbons (Fsp3) is 0.167. The lowest BCUT2D eigenvalue weighted by molar-refractivity contribution is 0.0499. The zero-order valence-electron chi connectivity index (χ0n) is 16.1. The smallest absolute Gasteiger partial charge is 0.338 e. The first-order chi connectivity index (χ1) is 14.1. The van der Waals surface area contributed by atoms with Crippen molar-refractivity contribution in [3.8, 4) is 11.3 Å². The van der Waals surface area contributed by atoms with Crippen LogP contribution in [-0.2, 0) is 4.74 Å². The largest absolute Gasteiger partial charge is 0.462 e. The summed E-state index contributed by atoms with van der Waals surface area (Å²) in [5.41, 5.74) is 1.96. The number of hydrogen-bond acceptors (Lipinski definition) is 4. The molecule has 0 amide bonds. The minimum absolute atomic E-state index is 0.0959. The van der Waals surface area contributed by atoms with Gasteiger partial charge in [0.05, 0.1) is 12.2 Å². The summed E-state index contributed by atoms with van der Waals surface area (Å²) < 4.78 is 11.9. The number of halogens is 1. The van der Waals surface area contributed by atoms with E-state index >= 15 is 0 Å². The maximum absolute atomic E-state index is 12.2. The fourth-order valence-electron chi connectivity index (χ4n) is 2.63. The molecule has 4 nitrogen and oxygen atoms in total. The maximum Gasteiger partial charge on any atom is 0.338 e. The van der Waals surface area contributed by atoms with Crippen LogP contribution in [0.5, 0.6) is 0 Å². The second kappa shape index (κ2) is 10.0. The first-order valence-corrected chi connectivity index (χ1v) is 10.2. The van der Waals surface area contributed by atoms with Gasteiger partial charge in [-0.1, -0.05) is 41.4 Å². The van der Waals surface area contributed by atoms with E-state index in [-0.39, 0.29) is 11.8 Å². The molecule has 0 aliphatic carbocycles. The van der Waals surface area contributed by atoms with E-state index in [1.165, 1.54) is 6.08 Å². The maximum atomic E-state index is 12.2. The number of esters is 1. The van der Waals surface area contributed by atoms with Crippen LogP contribution in [0.3, 0.4) is 0 Å². The van der Waals surface area contributed by atoms with Gasteiger partial charge in [0, 0.05) is 15.6 Å². The van der Waals surface area contributed by atoms with Gasteiger partial charge in [-0.2, -0.15) is 0 Å². The van der Waals surface area contributed by atoms with Crippen molar-refractivity contribution in [2.75, 3.05) is 6.61 Å². The molecule has 0 unspecified atom stereocenters. The van der Waals surface area contributed by atoms with Crippen LogP contribution < -0.4 is 0 Å². The van der Waals surface area contributed by atoms with E-state index in [1.807, 2.05) is 37.3 Å². The monoisotopic (exact) mass is 452 g/mol. The summed E-state index contributed by atoms with van der Waals surface area (Å²) in [6.07, 6.45) is 4.97. The van der Waals surface area contributed by atoms with E-state index in [2.05, 4.69) is 15.9 Å². The average Bonchev–Trinajstić information content (AvgIpc) is 3.22. The van der Waals surface area contributed by atoms with E-state index in [9.17, 15) is 9.59 Å². The summed E-state index contributed by atoms with van der Waals surface area (Å²) in [7, 11) is 0. The van der Waals surface area contributed by atoms with Gasteiger partial charge in [0.1, 0.15) is 11.5 Å². The molecule has 0 fully saturated rings. The molecule has 0 radical (unpaired) electrons. The van der Waals surface area contributed by atoms with Gasteiger partial charge in [0.2, 0.25) is 0 Å². The Kier molecular flexibility index (Phi) is 7.19. The molecule has 0 bridgehead atoms. The van der Waals surface area contributed by atoms with Crippen LogP contribution in [0.4, 0.5) is 0 Å². The van der Waals surface area contributed by atoms with Crippen molar-refractivity contribution in [1.29, 1.82) is 0 Å². The number of allylic oxidation sites excluding steroid dienone is 1. The lowest BCUT2D eigenvalue weighted by Crippen LogP contribution is -2.05. The van der Waals surface area contributed by atoms with E-state index < -0.39 is 0 Å². The highest BCUT2D eigenvalue weighted by Gasteiger charge is 2.09. The van der Waals surface area contributed by atoms with Crippen molar-refractivity contribution in [1.82, 2.24) is 0 Å². The Morgan fingerprint density at radius 1 is 0.966 bits per heavy atom. The molecule has 29 heavy (non-hydrogen) atoms. The summed E-state index contributed by atoms with van der Waals surface area (Å²) in [5.74, 6) is 0.820. The molecule has 0 saturated carbocycles. The van der Waals surface area contributed by atoms with Crippen molar-refractivity contribution in [3.05, 3.63) is 88.1 Å². The number of carbonyl (C=O) groups is 2. The zero-order valence-corrected chi connectivity index (χ0v) is 17.6. The van der Waals surface area contributed by atoms with Gasteiger partial charge in [0.25, 0.3) is 0 Å². The molecule has 1 aromatic heterocycles. The minimum atomic E-state index is -0.320. The molecule has 0 atom stereocenters. The van der Waals surface area contributed by atoms with Gasteiger partial charge in [-0.15, -0.1) is 0 Å². The Labute approximate surface area is 178 Å².